The van der Waals surface area contributed by atoms with Gasteiger partial charge in [0.15, 0.2) is 6.29 Å². The highest BCUT2D eigenvalue weighted by Crippen LogP contribution is 2.39. The fourth-order valence-electron chi connectivity index (χ4n) is 4.47. The van der Waals surface area contributed by atoms with E-state index in [1.54, 1.807) is 0 Å². The predicted octanol–water partition coefficient (Wildman–Crippen LogP) is 5.83. The van der Waals surface area contributed by atoms with Gasteiger partial charge in [-0.2, -0.15) is 0 Å². The smallest absolute Gasteiger partial charge is 0.231 e. The molecule has 0 saturated carbocycles. The molecule has 1 aliphatic carbocycles. The minimum atomic E-state index is 0.0721. The van der Waals surface area contributed by atoms with Gasteiger partial charge in [-0.05, 0) is 73.1 Å². The van der Waals surface area contributed by atoms with Crippen molar-refractivity contribution in [3.8, 4) is 5.75 Å². The number of rotatable bonds is 8. The van der Waals surface area contributed by atoms with Crippen LogP contribution in [-0.2, 0) is 16.0 Å². The van der Waals surface area contributed by atoms with Gasteiger partial charge < -0.3 is 4.74 Å². The number of carbonyl (C=O) groups is 2. The van der Waals surface area contributed by atoms with Crippen LogP contribution in [0.4, 0.5) is 11.4 Å². The summed E-state index contributed by atoms with van der Waals surface area (Å²) in [6.45, 7) is 0.0721. The van der Waals surface area contributed by atoms with E-state index in [0.29, 0.717) is 12.3 Å². The number of hydrogen-bond donors (Lipinski definition) is 0. The van der Waals surface area contributed by atoms with Gasteiger partial charge in [0.2, 0.25) is 5.91 Å². The van der Waals surface area contributed by atoms with Crippen LogP contribution in [0.5, 0.6) is 5.75 Å². The lowest BCUT2D eigenvalue weighted by molar-refractivity contribution is -0.118. The number of ether oxygens (including phenoxy) is 1. The second kappa shape index (κ2) is 10.1. The Morgan fingerprint density at radius 3 is 2.26 bits per heavy atom. The molecule has 0 aliphatic heterocycles. The van der Waals surface area contributed by atoms with E-state index in [9.17, 15) is 9.59 Å². The molecule has 4 heteroatoms. The van der Waals surface area contributed by atoms with Crippen LogP contribution in [-0.4, -0.2) is 18.8 Å². The molecule has 3 aromatic carbocycles. The average molecular weight is 414 g/mol. The minimum absolute atomic E-state index is 0.0721. The SMILES string of the molecule is O=CCOc1cccc2c1CCCC2CCC(=O)N(c1ccccc1)c1ccccc1. The van der Waals surface area contributed by atoms with Crippen molar-refractivity contribution in [2.24, 2.45) is 0 Å². The van der Waals surface area contributed by atoms with E-state index in [1.165, 1.54) is 11.1 Å². The molecule has 0 bridgehead atoms. The second-order valence-corrected chi connectivity index (χ2v) is 7.83. The molecule has 4 rings (SSSR count). The van der Waals surface area contributed by atoms with E-state index in [4.69, 9.17) is 4.74 Å². The van der Waals surface area contributed by atoms with Gasteiger partial charge in [0.1, 0.15) is 12.4 Å². The summed E-state index contributed by atoms with van der Waals surface area (Å²) in [6.07, 6.45) is 5.12. The first-order valence-corrected chi connectivity index (χ1v) is 10.9. The highest BCUT2D eigenvalue weighted by atomic mass is 16.5. The van der Waals surface area contributed by atoms with Crippen molar-refractivity contribution in [2.75, 3.05) is 11.5 Å². The van der Waals surface area contributed by atoms with Gasteiger partial charge in [-0.3, -0.25) is 14.5 Å². The summed E-state index contributed by atoms with van der Waals surface area (Å²) in [5, 5.41) is 0. The minimum Gasteiger partial charge on any atom is -0.486 e. The summed E-state index contributed by atoms with van der Waals surface area (Å²) in [7, 11) is 0. The number of para-hydroxylation sites is 2. The van der Waals surface area contributed by atoms with Gasteiger partial charge in [-0.25, -0.2) is 0 Å². The van der Waals surface area contributed by atoms with Crippen LogP contribution in [0.2, 0.25) is 0 Å². The number of amides is 1. The molecule has 0 fully saturated rings. The first kappa shape index (κ1) is 20.9. The summed E-state index contributed by atoms with van der Waals surface area (Å²) >= 11 is 0. The Morgan fingerprint density at radius 1 is 0.935 bits per heavy atom. The highest BCUT2D eigenvalue weighted by molar-refractivity contribution is 6.00. The van der Waals surface area contributed by atoms with Gasteiger partial charge in [0, 0.05) is 17.8 Å². The molecule has 0 N–H and O–H groups in total. The summed E-state index contributed by atoms with van der Waals surface area (Å²) in [5.41, 5.74) is 4.21. The Morgan fingerprint density at radius 2 is 1.61 bits per heavy atom. The summed E-state index contributed by atoms with van der Waals surface area (Å²) < 4.78 is 5.64. The third-order valence-electron chi connectivity index (χ3n) is 5.88. The molecule has 4 nitrogen and oxygen atoms in total. The molecular weight excluding hydrogens is 386 g/mol. The molecule has 0 aromatic heterocycles. The Kier molecular flexibility index (Phi) is 6.78. The predicted molar refractivity (Wildman–Crippen MR) is 123 cm³/mol. The number of aldehydes is 1. The normalized spacial score (nSPS) is 15.0. The fourth-order valence-corrected chi connectivity index (χ4v) is 4.47. The lowest BCUT2D eigenvalue weighted by Gasteiger charge is -2.28. The number of fused-ring (bicyclic) bond motifs is 1. The second-order valence-electron chi connectivity index (χ2n) is 7.83. The van der Waals surface area contributed by atoms with Gasteiger partial charge >= 0.3 is 0 Å². The highest BCUT2D eigenvalue weighted by Gasteiger charge is 2.25. The standard InChI is InChI=1S/C27H27NO3/c29-19-20-31-26-16-8-14-24-21(9-7-15-25(24)26)17-18-27(30)28(22-10-3-1-4-11-22)23-12-5-2-6-13-23/h1-6,8,10-14,16,19,21H,7,9,15,17-18,20H2. The molecule has 0 saturated heterocycles. The molecule has 3 aromatic rings. The maximum Gasteiger partial charge on any atom is 0.231 e. The maximum atomic E-state index is 13.4. The van der Waals surface area contributed by atoms with E-state index < -0.39 is 0 Å². The Hall–Kier alpha value is -3.40. The molecule has 1 amide bonds. The maximum absolute atomic E-state index is 13.4. The van der Waals surface area contributed by atoms with E-state index in [0.717, 1.165) is 49.1 Å². The number of hydrogen-bond acceptors (Lipinski definition) is 3. The van der Waals surface area contributed by atoms with E-state index in [-0.39, 0.29) is 12.5 Å². The molecule has 1 unspecified atom stereocenters. The largest absolute Gasteiger partial charge is 0.486 e. The zero-order valence-corrected chi connectivity index (χ0v) is 17.6. The van der Waals surface area contributed by atoms with Gasteiger partial charge in [-0.1, -0.05) is 48.5 Å². The van der Waals surface area contributed by atoms with Gasteiger partial charge in [0.25, 0.3) is 0 Å². The van der Waals surface area contributed by atoms with Crippen molar-refractivity contribution in [2.45, 2.75) is 38.0 Å². The monoisotopic (exact) mass is 413 g/mol. The molecule has 0 heterocycles. The van der Waals surface area contributed by atoms with Crippen molar-refractivity contribution in [3.63, 3.8) is 0 Å². The van der Waals surface area contributed by atoms with Crippen molar-refractivity contribution >= 4 is 23.6 Å². The number of benzene rings is 3. The Bertz CT molecular complexity index is 978. The fraction of sp³-hybridized carbons (Fsp3) is 0.259. The molecule has 1 atom stereocenters. The van der Waals surface area contributed by atoms with Gasteiger partial charge in [0.05, 0.1) is 0 Å². The van der Waals surface area contributed by atoms with Crippen LogP contribution in [0.15, 0.2) is 78.9 Å². The van der Waals surface area contributed by atoms with Crippen LogP contribution in [0.1, 0.15) is 42.7 Å². The number of anilines is 2. The summed E-state index contributed by atoms with van der Waals surface area (Å²) in [6, 6.07) is 25.7. The molecule has 31 heavy (non-hydrogen) atoms. The molecule has 0 radical (unpaired) electrons. The molecule has 0 spiro atoms. The third kappa shape index (κ3) is 4.85. The molecule has 1 aliphatic rings. The number of carbonyl (C=O) groups excluding carboxylic acids is 2. The van der Waals surface area contributed by atoms with Crippen LogP contribution in [0.25, 0.3) is 0 Å². The van der Waals surface area contributed by atoms with Crippen LogP contribution >= 0.6 is 0 Å². The lowest BCUT2D eigenvalue weighted by Crippen LogP contribution is -2.26. The summed E-state index contributed by atoms with van der Waals surface area (Å²) in [4.78, 5) is 25.9. The van der Waals surface area contributed by atoms with Crippen molar-refractivity contribution in [1.82, 2.24) is 0 Å². The zero-order chi connectivity index (χ0) is 21.5. The van der Waals surface area contributed by atoms with Crippen LogP contribution < -0.4 is 9.64 Å². The van der Waals surface area contributed by atoms with Crippen LogP contribution in [0, 0.1) is 0 Å². The lowest BCUT2D eigenvalue weighted by atomic mass is 9.80. The van der Waals surface area contributed by atoms with Crippen molar-refractivity contribution in [1.29, 1.82) is 0 Å². The molecular formula is C27H27NO3. The first-order valence-electron chi connectivity index (χ1n) is 10.9. The quantitative estimate of drug-likeness (QED) is 0.437. The Labute approximate surface area is 183 Å². The third-order valence-corrected chi connectivity index (χ3v) is 5.88. The zero-order valence-electron chi connectivity index (χ0n) is 17.6. The summed E-state index contributed by atoms with van der Waals surface area (Å²) in [5.74, 6) is 1.22. The average Bonchev–Trinajstić information content (AvgIpc) is 2.83. The van der Waals surface area contributed by atoms with E-state index in [2.05, 4.69) is 6.07 Å². The van der Waals surface area contributed by atoms with E-state index >= 15 is 0 Å². The van der Waals surface area contributed by atoms with Crippen molar-refractivity contribution in [3.05, 3.63) is 90.0 Å². The number of nitrogens with zero attached hydrogens (tertiary/aromatic N) is 1. The Balaban J connectivity index is 1.52. The topological polar surface area (TPSA) is 46.6 Å². The van der Waals surface area contributed by atoms with E-state index in [1.807, 2.05) is 77.7 Å². The van der Waals surface area contributed by atoms with Crippen molar-refractivity contribution < 1.29 is 14.3 Å². The van der Waals surface area contributed by atoms with Gasteiger partial charge in [-0.15, -0.1) is 0 Å². The van der Waals surface area contributed by atoms with Crippen LogP contribution in [0.3, 0.4) is 0 Å². The molecule has 158 valence electrons. The first-order chi connectivity index (χ1) is 15.3.